The van der Waals surface area contributed by atoms with Crippen molar-refractivity contribution in [1.82, 2.24) is 4.90 Å². The maximum absolute atomic E-state index is 11.9. The van der Waals surface area contributed by atoms with Gasteiger partial charge in [-0.25, -0.2) is 4.79 Å². The smallest absolute Gasteiger partial charge is 0.410 e. The number of carbonyl (C=O) groups is 1. The van der Waals surface area contributed by atoms with E-state index in [1.807, 2.05) is 24.3 Å². The summed E-state index contributed by atoms with van der Waals surface area (Å²) in [7, 11) is 0. The van der Waals surface area contributed by atoms with Crippen LogP contribution in [0.1, 0.15) is 38.2 Å². The Hall–Kier alpha value is -1.97. The fourth-order valence-electron chi connectivity index (χ4n) is 2.40. The van der Waals surface area contributed by atoms with E-state index in [0.717, 1.165) is 31.4 Å². The molecule has 0 saturated heterocycles. The third-order valence-electron chi connectivity index (χ3n) is 3.72. The fraction of sp³-hybridized carbons (Fsp3) is 0.471. The maximum atomic E-state index is 11.9. The third kappa shape index (κ3) is 4.52. The molecule has 0 radical (unpaired) electrons. The van der Waals surface area contributed by atoms with E-state index in [9.17, 15) is 4.79 Å². The van der Waals surface area contributed by atoms with Crippen LogP contribution in [0.4, 0.5) is 10.5 Å². The molecule has 0 bridgehead atoms. The second-order valence-corrected chi connectivity index (χ2v) is 5.37. The number of benzene rings is 1. The number of hydrogen-bond donors (Lipinski definition) is 1. The average Bonchev–Trinajstić information content (AvgIpc) is 2.52. The molecule has 114 valence electrons. The molecular formula is C17H24N2O2. The van der Waals surface area contributed by atoms with Crippen LogP contribution < -0.4 is 5.73 Å². The highest BCUT2D eigenvalue weighted by atomic mass is 16.6. The molecule has 2 N–H and O–H groups in total. The zero-order chi connectivity index (χ0) is 15.1. The predicted octanol–water partition coefficient (Wildman–Crippen LogP) is 3.68. The lowest BCUT2D eigenvalue weighted by atomic mass is 9.99. The highest BCUT2D eigenvalue weighted by Gasteiger charge is 2.18. The van der Waals surface area contributed by atoms with Gasteiger partial charge in [0.25, 0.3) is 0 Å². The first kappa shape index (κ1) is 15.4. The predicted molar refractivity (Wildman–Crippen MR) is 85.9 cm³/mol. The van der Waals surface area contributed by atoms with Crippen molar-refractivity contribution in [3.05, 3.63) is 35.9 Å². The van der Waals surface area contributed by atoms with Crippen LogP contribution in [0, 0.1) is 0 Å². The van der Waals surface area contributed by atoms with Crippen LogP contribution >= 0.6 is 0 Å². The Morgan fingerprint density at radius 1 is 1.29 bits per heavy atom. The summed E-state index contributed by atoms with van der Waals surface area (Å²) >= 11 is 0. The molecule has 0 saturated carbocycles. The van der Waals surface area contributed by atoms with Gasteiger partial charge < -0.3 is 15.4 Å². The van der Waals surface area contributed by atoms with Crippen LogP contribution in [0.25, 0.3) is 5.57 Å². The second kappa shape index (κ2) is 7.72. The minimum absolute atomic E-state index is 0.196. The van der Waals surface area contributed by atoms with E-state index < -0.39 is 0 Å². The summed E-state index contributed by atoms with van der Waals surface area (Å²) in [6.45, 7) is 3.99. The van der Waals surface area contributed by atoms with Crippen LogP contribution in [-0.4, -0.2) is 30.7 Å². The van der Waals surface area contributed by atoms with Crippen LogP contribution in [0.15, 0.2) is 30.3 Å². The lowest BCUT2D eigenvalue weighted by Gasteiger charge is -2.26. The number of hydrogen-bond acceptors (Lipinski definition) is 3. The van der Waals surface area contributed by atoms with E-state index >= 15 is 0 Å². The molecule has 0 atom stereocenters. The monoisotopic (exact) mass is 288 g/mol. The Morgan fingerprint density at radius 2 is 2.05 bits per heavy atom. The number of ether oxygens (including phenoxy) is 1. The maximum Gasteiger partial charge on any atom is 0.410 e. The van der Waals surface area contributed by atoms with Crippen LogP contribution in [0.5, 0.6) is 0 Å². The molecule has 1 amide bonds. The van der Waals surface area contributed by atoms with E-state index in [4.69, 9.17) is 10.5 Å². The zero-order valence-corrected chi connectivity index (χ0v) is 12.7. The van der Waals surface area contributed by atoms with Crippen molar-refractivity contribution < 1.29 is 9.53 Å². The Bertz CT molecular complexity index is 494. The van der Waals surface area contributed by atoms with Gasteiger partial charge in [0, 0.05) is 18.8 Å². The van der Waals surface area contributed by atoms with Gasteiger partial charge in [0.2, 0.25) is 0 Å². The summed E-state index contributed by atoms with van der Waals surface area (Å²) in [6, 6.07) is 7.87. The number of amides is 1. The SMILES string of the molecule is CCCCCOC(=O)N1CC=C(c2ccc(N)cc2)CC1. The number of nitrogen functional groups attached to an aromatic ring is 1. The summed E-state index contributed by atoms with van der Waals surface area (Å²) < 4.78 is 5.28. The molecule has 21 heavy (non-hydrogen) atoms. The molecule has 4 nitrogen and oxygen atoms in total. The topological polar surface area (TPSA) is 55.6 Å². The van der Waals surface area contributed by atoms with E-state index in [0.29, 0.717) is 19.7 Å². The summed E-state index contributed by atoms with van der Waals surface area (Å²) in [5.74, 6) is 0. The quantitative estimate of drug-likeness (QED) is 0.664. The van der Waals surface area contributed by atoms with Crippen molar-refractivity contribution in [3.8, 4) is 0 Å². The van der Waals surface area contributed by atoms with Gasteiger partial charge >= 0.3 is 6.09 Å². The fourth-order valence-corrected chi connectivity index (χ4v) is 2.40. The van der Waals surface area contributed by atoms with Gasteiger partial charge in [0.05, 0.1) is 6.61 Å². The molecule has 0 aliphatic carbocycles. The molecule has 0 aromatic heterocycles. The zero-order valence-electron chi connectivity index (χ0n) is 12.7. The van der Waals surface area contributed by atoms with Crippen molar-refractivity contribution in [2.45, 2.75) is 32.6 Å². The van der Waals surface area contributed by atoms with Crippen LogP contribution in [-0.2, 0) is 4.74 Å². The van der Waals surface area contributed by atoms with Crippen molar-refractivity contribution in [1.29, 1.82) is 0 Å². The summed E-state index contributed by atoms with van der Waals surface area (Å²) in [4.78, 5) is 13.7. The minimum Gasteiger partial charge on any atom is -0.449 e. The second-order valence-electron chi connectivity index (χ2n) is 5.37. The van der Waals surface area contributed by atoms with Crippen LogP contribution in [0.2, 0.25) is 0 Å². The molecule has 0 unspecified atom stereocenters. The highest BCUT2D eigenvalue weighted by molar-refractivity contribution is 5.72. The summed E-state index contributed by atoms with van der Waals surface area (Å²) in [5, 5.41) is 0. The number of unbranched alkanes of at least 4 members (excludes halogenated alkanes) is 2. The highest BCUT2D eigenvalue weighted by Crippen LogP contribution is 2.23. The molecule has 0 spiro atoms. The molecule has 1 heterocycles. The van der Waals surface area contributed by atoms with E-state index in [-0.39, 0.29) is 6.09 Å². The van der Waals surface area contributed by atoms with Crippen molar-refractivity contribution >= 4 is 17.4 Å². The summed E-state index contributed by atoms with van der Waals surface area (Å²) in [6.07, 6.45) is 5.95. The van der Waals surface area contributed by atoms with E-state index in [1.54, 1.807) is 4.90 Å². The molecule has 1 aliphatic heterocycles. The lowest BCUT2D eigenvalue weighted by molar-refractivity contribution is 0.104. The molecule has 1 aromatic rings. The van der Waals surface area contributed by atoms with Crippen molar-refractivity contribution in [2.24, 2.45) is 0 Å². The van der Waals surface area contributed by atoms with Gasteiger partial charge in [-0.3, -0.25) is 0 Å². The molecule has 0 fully saturated rings. The normalized spacial score (nSPS) is 14.7. The third-order valence-corrected chi connectivity index (χ3v) is 3.72. The van der Waals surface area contributed by atoms with Gasteiger partial charge in [0.15, 0.2) is 0 Å². The molecule has 4 heteroatoms. The lowest BCUT2D eigenvalue weighted by Crippen LogP contribution is -2.35. The van der Waals surface area contributed by atoms with Gasteiger partial charge in [-0.1, -0.05) is 38.0 Å². The van der Waals surface area contributed by atoms with Crippen molar-refractivity contribution in [3.63, 3.8) is 0 Å². The van der Waals surface area contributed by atoms with Gasteiger partial charge in [-0.15, -0.1) is 0 Å². The number of nitrogens with two attached hydrogens (primary N) is 1. The van der Waals surface area contributed by atoms with Crippen molar-refractivity contribution in [2.75, 3.05) is 25.4 Å². The van der Waals surface area contributed by atoms with Gasteiger partial charge in [-0.2, -0.15) is 0 Å². The molecule has 1 aromatic carbocycles. The Morgan fingerprint density at radius 3 is 2.67 bits per heavy atom. The number of anilines is 1. The van der Waals surface area contributed by atoms with E-state index in [1.165, 1.54) is 11.1 Å². The largest absolute Gasteiger partial charge is 0.449 e. The number of carbonyl (C=O) groups excluding carboxylic acids is 1. The molecule has 2 rings (SSSR count). The first-order valence-electron chi connectivity index (χ1n) is 7.67. The van der Waals surface area contributed by atoms with E-state index in [2.05, 4.69) is 13.0 Å². The number of nitrogens with zero attached hydrogens (tertiary/aromatic N) is 1. The number of rotatable bonds is 5. The Kier molecular flexibility index (Phi) is 5.67. The van der Waals surface area contributed by atoms with Gasteiger partial charge in [0.1, 0.15) is 0 Å². The summed E-state index contributed by atoms with van der Waals surface area (Å²) in [5.41, 5.74) is 8.92. The standard InChI is InChI=1S/C17H24N2O2/c1-2-3-4-13-21-17(20)19-11-9-15(10-12-19)14-5-7-16(18)8-6-14/h5-9H,2-4,10-13,18H2,1H3. The molecular weight excluding hydrogens is 264 g/mol. The molecule has 1 aliphatic rings. The average molecular weight is 288 g/mol. The first-order valence-corrected chi connectivity index (χ1v) is 7.67. The Balaban J connectivity index is 1.83. The van der Waals surface area contributed by atoms with Crippen LogP contribution in [0.3, 0.4) is 0 Å². The Labute approximate surface area is 126 Å². The minimum atomic E-state index is -0.196. The van der Waals surface area contributed by atoms with Gasteiger partial charge in [-0.05, 0) is 36.1 Å². The first-order chi connectivity index (χ1) is 10.2.